The molecule has 1 aromatic carbocycles. The van der Waals surface area contributed by atoms with E-state index in [1.807, 2.05) is 0 Å². The Morgan fingerprint density at radius 1 is 1.10 bits per heavy atom. The SMILES string of the molecule is O=C(COCC(F)(F)F)Cc1cccc(C(F)(F)F)c1. The van der Waals surface area contributed by atoms with E-state index >= 15 is 0 Å². The third-order valence-electron chi connectivity index (χ3n) is 2.18. The molecule has 112 valence electrons. The summed E-state index contributed by atoms with van der Waals surface area (Å²) in [5.41, 5.74) is -0.848. The van der Waals surface area contributed by atoms with Crippen LogP contribution in [-0.4, -0.2) is 25.2 Å². The highest BCUT2D eigenvalue weighted by Gasteiger charge is 2.30. The number of ketones is 1. The van der Waals surface area contributed by atoms with E-state index in [-0.39, 0.29) is 5.56 Å². The molecule has 0 aliphatic heterocycles. The van der Waals surface area contributed by atoms with Crippen molar-refractivity contribution in [1.82, 2.24) is 0 Å². The average Bonchev–Trinajstić information content (AvgIpc) is 2.26. The van der Waals surface area contributed by atoms with Crippen LogP contribution < -0.4 is 0 Å². The molecule has 0 atom stereocenters. The summed E-state index contributed by atoms with van der Waals surface area (Å²) in [6.07, 6.45) is -9.50. The molecule has 0 amide bonds. The molecule has 0 aliphatic carbocycles. The van der Waals surface area contributed by atoms with Gasteiger partial charge in [-0.2, -0.15) is 26.3 Å². The van der Waals surface area contributed by atoms with Crippen molar-refractivity contribution in [2.75, 3.05) is 13.2 Å². The van der Waals surface area contributed by atoms with Crippen LogP contribution in [0.4, 0.5) is 26.3 Å². The van der Waals surface area contributed by atoms with Crippen LogP contribution in [0.2, 0.25) is 0 Å². The van der Waals surface area contributed by atoms with Crippen molar-refractivity contribution in [3.05, 3.63) is 35.4 Å². The van der Waals surface area contributed by atoms with Crippen LogP contribution in [-0.2, 0) is 22.1 Å². The summed E-state index contributed by atoms with van der Waals surface area (Å²) in [7, 11) is 0. The maximum Gasteiger partial charge on any atom is 0.416 e. The molecular weight excluding hydrogens is 290 g/mol. The summed E-state index contributed by atoms with van der Waals surface area (Å²) < 4.78 is 76.6. The molecule has 0 spiro atoms. The molecule has 0 aliphatic rings. The van der Waals surface area contributed by atoms with E-state index in [0.717, 1.165) is 18.2 Å². The Hall–Kier alpha value is -1.57. The molecule has 2 nitrogen and oxygen atoms in total. The van der Waals surface area contributed by atoms with Gasteiger partial charge in [-0.1, -0.05) is 18.2 Å². The molecule has 0 bridgehead atoms. The third kappa shape index (κ3) is 6.05. The van der Waals surface area contributed by atoms with Gasteiger partial charge in [0.25, 0.3) is 0 Å². The summed E-state index contributed by atoms with van der Waals surface area (Å²) in [4.78, 5) is 11.3. The van der Waals surface area contributed by atoms with E-state index in [0.29, 0.717) is 0 Å². The van der Waals surface area contributed by atoms with Gasteiger partial charge in [0.15, 0.2) is 5.78 Å². The van der Waals surface area contributed by atoms with E-state index in [1.54, 1.807) is 0 Å². The van der Waals surface area contributed by atoms with Crippen LogP contribution in [0.3, 0.4) is 0 Å². The van der Waals surface area contributed by atoms with E-state index in [2.05, 4.69) is 4.74 Å². The summed E-state index contributed by atoms with van der Waals surface area (Å²) >= 11 is 0. The van der Waals surface area contributed by atoms with Gasteiger partial charge in [-0.05, 0) is 11.6 Å². The zero-order valence-electron chi connectivity index (χ0n) is 10.0. The summed E-state index contributed by atoms with van der Waals surface area (Å²) in [5.74, 6) is -0.728. The van der Waals surface area contributed by atoms with Crippen LogP contribution in [0, 0.1) is 0 Å². The van der Waals surface area contributed by atoms with Crippen LogP contribution >= 0.6 is 0 Å². The fourth-order valence-corrected chi connectivity index (χ4v) is 1.42. The molecule has 0 radical (unpaired) electrons. The first-order chi connectivity index (χ1) is 9.08. The second-order valence-corrected chi connectivity index (χ2v) is 4.02. The van der Waals surface area contributed by atoms with Crippen molar-refractivity contribution < 1.29 is 35.9 Å². The first-order valence-electron chi connectivity index (χ1n) is 5.40. The highest BCUT2D eigenvalue weighted by atomic mass is 19.4. The van der Waals surface area contributed by atoms with Crippen molar-refractivity contribution in [2.45, 2.75) is 18.8 Å². The molecule has 0 N–H and O–H groups in total. The third-order valence-corrected chi connectivity index (χ3v) is 2.18. The number of alkyl halides is 6. The number of rotatable bonds is 5. The van der Waals surface area contributed by atoms with E-state index in [9.17, 15) is 31.1 Å². The maximum atomic E-state index is 12.4. The van der Waals surface area contributed by atoms with Crippen molar-refractivity contribution >= 4 is 5.78 Å². The molecule has 0 unspecified atom stereocenters. The Morgan fingerprint density at radius 3 is 2.30 bits per heavy atom. The minimum atomic E-state index is -4.55. The van der Waals surface area contributed by atoms with Gasteiger partial charge in [0.2, 0.25) is 0 Å². The van der Waals surface area contributed by atoms with Crippen molar-refractivity contribution in [3.8, 4) is 0 Å². The summed E-state index contributed by atoms with van der Waals surface area (Å²) in [5, 5.41) is 0. The van der Waals surface area contributed by atoms with Crippen molar-refractivity contribution in [1.29, 1.82) is 0 Å². The van der Waals surface area contributed by atoms with E-state index in [4.69, 9.17) is 0 Å². The highest BCUT2D eigenvalue weighted by molar-refractivity contribution is 5.82. The summed E-state index contributed by atoms with van der Waals surface area (Å²) in [6, 6.07) is 4.04. The minimum absolute atomic E-state index is 0.0698. The smallest absolute Gasteiger partial charge is 0.364 e. The minimum Gasteiger partial charge on any atom is -0.364 e. The normalized spacial score (nSPS) is 12.5. The molecule has 1 rings (SSSR count). The average molecular weight is 300 g/mol. The number of carbonyl (C=O) groups is 1. The quantitative estimate of drug-likeness (QED) is 0.779. The van der Waals surface area contributed by atoms with E-state index in [1.165, 1.54) is 6.07 Å². The monoisotopic (exact) mass is 300 g/mol. The predicted molar refractivity (Wildman–Crippen MR) is 57.0 cm³/mol. The lowest BCUT2D eigenvalue weighted by molar-refractivity contribution is -0.175. The summed E-state index contributed by atoms with van der Waals surface area (Å²) in [6.45, 7) is -2.36. The number of Topliss-reactive ketones (excluding diaryl/α,β-unsaturated/α-hetero) is 1. The number of hydrogen-bond donors (Lipinski definition) is 0. The second-order valence-electron chi connectivity index (χ2n) is 4.02. The fourth-order valence-electron chi connectivity index (χ4n) is 1.42. The fraction of sp³-hybridized carbons (Fsp3) is 0.417. The lowest BCUT2D eigenvalue weighted by atomic mass is 10.1. The van der Waals surface area contributed by atoms with Gasteiger partial charge in [0.05, 0.1) is 5.56 Å². The maximum absolute atomic E-state index is 12.4. The van der Waals surface area contributed by atoms with Gasteiger partial charge < -0.3 is 4.74 Å². The number of benzene rings is 1. The Morgan fingerprint density at radius 2 is 1.75 bits per heavy atom. The zero-order valence-corrected chi connectivity index (χ0v) is 10.0. The van der Waals surface area contributed by atoms with Gasteiger partial charge in [0, 0.05) is 6.42 Å². The van der Waals surface area contributed by atoms with Gasteiger partial charge in [0.1, 0.15) is 13.2 Å². The number of ether oxygens (including phenoxy) is 1. The van der Waals surface area contributed by atoms with Crippen molar-refractivity contribution in [3.63, 3.8) is 0 Å². The predicted octanol–water partition coefficient (Wildman–Crippen LogP) is 3.40. The second kappa shape index (κ2) is 6.25. The Labute approximate surface area is 110 Å². The van der Waals surface area contributed by atoms with Crippen LogP contribution in [0.5, 0.6) is 0 Å². The Bertz CT molecular complexity index is 464. The topological polar surface area (TPSA) is 26.3 Å². The number of halogens is 6. The number of hydrogen-bond acceptors (Lipinski definition) is 2. The van der Waals surface area contributed by atoms with Crippen molar-refractivity contribution in [2.24, 2.45) is 0 Å². The molecule has 0 saturated carbocycles. The van der Waals surface area contributed by atoms with Gasteiger partial charge in [-0.15, -0.1) is 0 Å². The van der Waals surface area contributed by atoms with Gasteiger partial charge >= 0.3 is 12.4 Å². The van der Waals surface area contributed by atoms with Crippen LogP contribution in [0.15, 0.2) is 24.3 Å². The Kier molecular flexibility index (Phi) is 5.15. The molecule has 0 saturated heterocycles. The Balaban J connectivity index is 2.54. The zero-order chi connectivity index (χ0) is 15.4. The lowest BCUT2D eigenvalue weighted by Gasteiger charge is -2.09. The first-order valence-corrected chi connectivity index (χ1v) is 5.40. The molecule has 1 aromatic rings. The molecule has 8 heteroatoms. The van der Waals surface area contributed by atoms with Crippen LogP contribution in [0.1, 0.15) is 11.1 Å². The molecule has 0 heterocycles. The highest BCUT2D eigenvalue weighted by Crippen LogP contribution is 2.29. The lowest BCUT2D eigenvalue weighted by Crippen LogP contribution is -2.21. The standard InChI is InChI=1S/C12H10F6O2/c13-11(14,15)7-20-6-10(19)5-8-2-1-3-9(4-8)12(16,17)18/h1-4H,5-7H2. The first kappa shape index (κ1) is 16.5. The largest absolute Gasteiger partial charge is 0.416 e. The number of carbonyl (C=O) groups excluding carboxylic acids is 1. The molecule has 0 aromatic heterocycles. The molecular formula is C12H10F6O2. The van der Waals surface area contributed by atoms with E-state index < -0.39 is 43.3 Å². The van der Waals surface area contributed by atoms with Gasteiger partial charge in [-0.3, -0.25) is 4.79 Å². The van der Waals surface area contributed by atoms with Gasteiger partial charge in [-0.25, -0.2) is 0 Å². The van der Waals surface area contributed by atoms with Crippen LogP contribution in [0.25, 0.3) is 0 Å². The molecule has 20 heavy (non-hydrogen) atoms. The molecule has 0 fully saturated rings.